The summed E-state index contributed by atoms with van der Waals surface area (Å²) in [7, 11) is 3.23. The number of methoxy groups -OCH3 is 2. The van der Waals surface area contributed by atoms with Crippen LogP contribution in [0, 0.1) is 6.92 Å². The summed E-state index contributed by atoms with van der Waals surface area (Å²) in [6, 6.07) is 3.76. The molecule has 4 heteroatoms. The second-order valence-electron chi connectivity index (χ2n) is 5.26. The molecule has 0 unspecified atom stereocenters. The lowest BCUT2D eigenvalue weighted by Gasteiger charge is -2.28. The summed E-state index contributed by atoms with van der Waals surface area (Å²) in [6.07, 6.45) is 1.18. The topological polar surface area (TPSA) is 44.8 Å². The van der Waals surface area contributed by atoms with Crippen LogP contribution in [-0.4, -0.2) is 20.2 Å². The molecule has 0 aliphatic rings. The fourth-order valence-corrected chi connectivity index (χ4v) is 2.12. The Morgan fingerprint density at radius 2 is 1.75 bits per heavy atom. The Kier molecular flexibility index (Phi) is 5.43. The standard InChI is InChI=1S/C16H24O4/c1-7-8-15(17)20-16(3,4)12-10-13(18-5)11(2)9-14(12)19-6/h9-10H,7-8H2,1-6H3. The number of esters is 1. The van der Waals surface area contributed by atoms with Gasteiger partial charge in [-0.2, -0.15) is 0 Å². The first-order valence-corrected chi connectivity index (χ1v) is 6.80. The zero-order valence-electron chi connectivity index (χ0n) is 13.2. The van der Waals surface area contributed by atoms with Crippen molar-refractivity contribution in [3.05, 3.63) is 23.3 Å². The normalized spacial score (nSPS) is 11.1. The van der Waals surface area contributed by atoms with E-state index in [1.165, 1.54) is 0 Å². The summed E-state index contributed by atoms with van der Waals surface area (Å²) in [5.41, 5.74) is 1.01. The SMILES string of the molecule is CCCC(=O)OC(C)(C)c1cc(OC)c(C)cc1OC. The molecule has 0 amide bonds. The average Bonchev–Trinajstić information content (AvgIpc) is 2.37. The van der Waals surface area contributed by atoms with E-state index in [1.54, 1.807) is 14.2 Å². The van der Waals surface area contributed by atoms with Gasteiger partial charge in [0.2, 0.25) is 0 Å². The quantitative estimate of drug-likeness (QED) is 0.747. The molecule has 0 saturated carbocycles. The van der Waals surface area contributed by atoms with Crippen LogP contribution in [0.15, 0.2) is 12.1 Å². The maximum Gasteiger partial charge on any atom is 0.306 e. The first kappa shape index (κ1) is 16.3. The van der Waals surface area contributed by atoms with E-state index in [1.807, 2.05) is 39.8 Å². The second kappa shape index (κ2) is 6.64. The first-order chi connectivity index (χ1) is 9.35. The van der Waals surface area contributed by atoms with Crippen LogP contribution >= 0.6 is 0 Å². The molecule has 0 aromatic heterocycles. The van der Waals surface area contributed by atoms with Gasteiger partial charge in [-0.25, -0.2) is 0 Å². The predicted octanol–water partition coefficient (Wildman–Crippen LogP) is 3.59. The maximum absolute atomic E-state index is 11.8. The van der Waals surface area contributed by atoms with E-state index >= 15 is 0 Å². The number of carbonyl (C=O) groups excluding carboxylic acids is 1. The van der Waals surface area contributed by atoms with Crippen LogP contribution in [-0.2, 0) is 15.1 Å². The van der Waals surface area contributed by atoms with E-state index < -0.39 is 5.60 Å². The smallest absolute Gasteiger partial charge is 0.306 e. The van der Waals surface area contributed by atoms with Gasteiger partial charge < -0.3 is 14.2 Å². The summed E-state index contributed by atoms with van der Waals surface area (Å²) in [4.78, 5) is 11.8. The molecule has 0 radical (unpaired) electrons. The van der Waals surface area contributed by atoms with Gasteiger partial charge in [-0.1, -0.05) is 6.92 Å². The van der Waals surface area contributed by atoms with Gasteiger partial charge in [0, 0.05) is 12.0 Å². The van der Waals surface area contributed by atoms with Crippen molar-refractivity contribution in [1.82, 2.24) is 0 Å². The van der Waals surface area contributed by atoms with Gasteiger partial charge in [0.05, 0.1) is 14.2 Å². The van der Waals surface area contributed by atoms with Crippen LogP contribution in [0.2, 0.25) is 0 Å². The molecule has 1 aromatic rings. The minimum absolute atomic E-state index is 0.209. The number of aryl methyl sites for hydroxylation is 1. The fourth-order valence-electron chi connectivity index (χ4n) is 2.12. The largest absolute Gasteiger partial charge is 0.496 e. The van der Waals surface area contributed by atoms with Crippen LogP contribution in [0.5, 0.6) is 11.5 Å². The number of hydrogen-bond donors (Lipinski definition) is 0. The molecule has 0 heterocycles. The number of carbonyl (C=O) groups is 1. The Labute approximate surface area is 121 Å². The van der Waals surface area contributed by atoms with Gasteiger partial charge >= 0.3 is 5.97 Å². The molecule has 4 nitrogen and oxygen atoms in total. The zero-order chi connectivity index (χ0) is 15.3. The molecule has 0 fully saturated rings. The van der Waals surface area contributed by atoms with E-state index in [0.717, 1.165) is 23.3 Å². The van der Waals surface area contributed by atoms with Crippen molar-refractivity contribution in [1.29, 1.82) is 0 Å². The number of hydrogen-bond acceptors (Lipinski definition) is 4. The molecule has 20 heavy (non-hydrogen) atoms. The molecule has 0 spiro atoms. The lowest BCUT2D eigenvalue weighted by molar-refractivity contribution is -0.157. The Balaban J connectivity index is 3.18. The summed E-state index contributed by atoms with van der Waals surface area (Å²) < 4.78 is 16.3. The number of benzene rings is 1. The predicted molar refractivity (Wildman–Crippen MR) is 78.3 cm³/mol. The molecule has 1 aromatic carbocycles. The van der Waals surface area contributed by atoms with Crippen LogP contribution in [0.1, 0.15) is 44.7 Å². The third-order valence-electron chi connectivity index (χ3n) is 3.19. The highest BCUT2D eigenvalue weighted by atomic mass is 16.6. The number of ether oxygens (including phenoxy) is 3. The third-order valence-corrected chi connectivity index (χ3v) is 3.19. The lowest BCUT2D eigenvalue weighted by Crippen LogP contribution is -2.26. The maximum atomic E-state index is 11.8. The monoisotopic (exact) mass is 280 g/mol. The van der Waals surface area contributed by atoms with E-state index in [4.69, 9.17) is 14.2 Å². The van der Waals surface area contributed by atoms with Crippen molar-refractivity contribution in [2.24, 2.45) is 0 Å². The average molecular weight is 280 g/mol. The van der Waals surface area contributed by atoms with Crippen molar-refractivity contribution >= 4 is 5.97 Å². The van der Waals surface area contributed by atoms with Crippen molar-refractivity contribution in [2.45, 2.75) is 46.1 Å². The highest BCUT2D eigenvalue weighted by Gasteiger charge is 2.29. The van der Waals surface area contributed by atoms with Gasteiger partial charge in [-0.15, -0.1) is 0 Å². The molecular weight excluding hydrogens is 256 g/mol. The van der Waals surface area contributed by atoms with Gasteiger partial charge in [0.15, 0.2) is 0 Å². The van der Waals surface area contributed by atoms with E-state index in [0.29, 0.717) is 12.2 Å². The Bertz CT molecular complexity index is 478. The summed E-state index contributed by atoms with van der Waals surface area (Å²) in [6.45, 7) is 7.60. The van der Waals surface area contributed by atoms with E-state index in [2.05, 4.69) is 0 Å². The minimum atomic E-state index is -0.765. The molecule has 0 bridgehead atoms. The van der Waals surface area contributed by atoms with Gasteiger partial charge in [0.1, 0.15) is 17.1 Å². The molecular formula is C16H24O4. The highest BCUT2D eigenvalue weighted by Crippen LogP contribution is 2.37. The molecule has 0 aliphatic heterocycles. The Morgan fingerprint density at radius 3 is 2.25 bits per heavy atom. The van der Waals surface area contributed by atoms with E-state index in [-0.39, 0.29) is 5.97 Å². The fraction of sp³-hybridized carbons (Fsp3) is 0.562. The molecule has 0 N–H and O–H groups in total. The Morgan fingerprint density at radius 1 is 1.15 bits per heavy atom. The lowest BCUT2D eigenvalue weighted by atomic mass is 9.95. The molecule has 1 rings (SSSR count). The second-order valence-corrected chi connectivity index (χ2v) is 5.26. The summed E-state index contributed by atoms with van der Waals surface area (Å²) in [5, 5.41) is 0. The molecule has 112 valence electrons. The van der Waals surface area contributed by atoms with Crippen molar-refractivity contribution in [2.75, 3.05) is 14.2 Å². The zero-order valence-corrected chi connectivity index (χ0v) is 13.2. The van der Waals surface area contributed by atoms with Crippen LogP contribution in [0.4, 0.5) is 0 Å². The molecule has 0 saturated heterocycles. The van der Waals surface area contributed by atoms with Crippen molar-refractivity contribution in [3.8, 4) is 11.5 Å². The van der Waals surface area contributed by atoms with Gasteiger partial charge in [-0.05, 0) is 44.9 Å². The van der Waals surface area contributed by atoms with Crippen LogP contribution < -0.4 is 9.47 Å². The van der Waals surface area contributed by atoms with Gasteiger partial charge in [0.25, 0.3) is 0 Å². The van der Waals surface area contributed by atoms with Crippen molar-refractivity contribution in [3.63, 3.8) is 0 Å². The Hall–Kier alpha value is -1.71. The minimum Gasteiger partial charge on any atom is -0.496 e. The van der Waals surface area contributed by atoms with Crippen LogP contribution in [0.3, 0.4) is 0 Å². The molecule has 0 atom stereocenters. The number of rotatable bonds is 6. The summed E-state index contributed by atoms with van der Waals surface area (Å²) >= 11 is 0. The van der Waals surface area contributed by atoms with Crippen LogP contribution in [0.25, 0.3) is 0 Å². The highest BCUT2D eigenvalue weighted by molar-refractivity contribution is 5.70. The van der Waals surface area contributed by atoms with Crippen molar-refractivity contribution < 1.29 is 19.0 Å². The third kappa shape index (κ3) is 3.65. The van der Waals surface area contributed by atoms with E-state index in [9.17, 15) is 4.79 Å². The first-order valence-electron chi connectivity index (χ1n) is 6.80. The summed E-state index contributed by atoms with van der Waals surface area (Å²) in [5.74, 6) is 1.23. The van der Waals surface area contributed by atoms with Gasteiger partial charge in [-0.3, -0.25) is 4.79 Å². The molecule has 0 aliphatic carbocycles.